The fourth-order valence-corrected chi connectivity index (χ4v) is 5.53. The fraction of sp³-hybridized carbons (Fsp3) is 0.385. The highest BCUT2D eigenvalue weighted by molar-refractivity contribution is 7.10. The van der Waals surface area contributed by atoms with Crippen molar-refractivity contribution >= 4 is 23.1 Å². The first-order valence-electron chi connectivity index (χ1n) is 11.1. The summed E-state index contributed by atoms with van der Waals surface area (Å²) in [7, 11) is 4.76. The lowest BCUT2D eigenvalue weighted by Crippen LogP contribution is -2.36. The van der Waals surface area contributed by atoms with Gasteiger partial charge in [0.25, 0.3) is 0 Å². The Balaban J connectivity index is 1.69. The van der Waals surface area contributed by atoms with Crippen LogP contribution in [-0.4, -0.2) is 46.3 Å². The molecule has 0 fully saturated rings. The summed E-state index contributed by atoms with van der Waals surface area (Å²) in [6.07, 6.45) is 1.00. The normalized spacial score (nSPS) is 20.1. The quantitative estimate of drug-likeness (QED) is 0.442. The number of benzene rings is 1. The number of ether oxygens (including phenoxy) is 4. The molecule has 2 aromatic rings. The Morgan fingerprint density at radius 3 is 2.56 bits per heavy atom. The van der Waals surface area contributed by atoms with E-state index in [2.05, 4.69) is 5.32 Å². The molecule has 180 valence electrons. The lowest BCUT2D eigenvalue weighted by atomic mass is 9.73. The highest BCUT2D eigenvalue weighted by Crippen LogP contribution is 2.47. The molecule has 0 radical (unpaired) electrons. The number of thiophene rings is 1. The zero-order valence-electron chi connectivity index (χ0n) is 19.8. The summed E-state index contributed by atoms with van der Waals surface area (Å²) in [5.74, 6) is 0.439. The molecule has 2 aliphatic rings. The van der Waals surface area contributed by atoms with Crippen LogP contribution in [0, 0.1) is 0 Å². The van der Waals surface area contributed by atoms with Gasteiger partial charge in [-0.25, -0.2) is 4.79 Å². The lowest BCUT2D eigenvalue weighted by molar-refractivity contribution is -0.140. The number of ketones is 1. The minimum Gasteiger partial charge on any atom is -0.493 e. The summed E-state index contributed by atoms with van der Waals surface area (Å²) in [5, 5.41) is 5.33. The Hall–Kier alpha value is -3.10. The average Bonchev–Trinajstić information content (AvgIpc) is 3.37. The van der Waals surface area contributed by atoms with Gasteiger partial charge in [0, 0.05) is 35.4 Å². The minimum atomic E-state index is -0.440. The van der Waals surface area contributed by atoms with Crippen molar-refractivity contribution in [2.75, 3.05) is 34.5 Å². The summed E-state index contributed by atoms with van der Waals surface area (Å²) in [6.45, 7) is 2.33. The molecule has 0 bridgehead atoms. The third-order valence-electron chi connectivity index (χ3n) is 6.27. The SMILES string of the molecule is COCCOC(=O)C1=C(C)NC2=C(C(=O)C[C@H](c3ccc(OC)c(OC)c3)C2)[C@H]1c1cccs1. The van der Waals surface area contributed by atoms with Gasteiger partial charge in [-0.2, -0.15) is 0 Å². The van der Waals surface area contributed by atoms with Gasteiger partial charge in [0.05, 0.1) is 32.3 Å². The standard InChI is InChI=1S/C26H29NO6S/c1-15-23(26(29)33-10-9-30-2)25(22-6-5-11-34-22)24-18(27-15)12-17(13-19(24)28)16-7-8-20(31-3)21(14-16)32-4/h5-8,11,14,17,25,27H,9-10,12-13H2,1-4H3/t17-,25+/m1/s1. The van der Waals surface area contributed by atoms with Crippen molar-refractivity contribution in [2.24, 2.45) is 0 Å². The number of esters is 1. The van der Waals surface area contributed by atoms with Gasteiger partial charge < -0.3 is 24.3 Å². The predicted molar refractivity (Wildman–Crippen MR) is 129 cm³/mol. The molecule has 1 aliphatic heterocycles. The smallest absolute Gasteiger partial charge is 0.336 e. The number of carbonyl (C=O) groups excluding carboxylic acids is 2. The van der Waals surface area contributed by atoms with Crippen molar-refractivity contribution < 1.29 is 28.5 Å². The number of hydrogen-bond donors (Lipinski definition) is 1. The van der Waals surface area contributed by atoms with Gasteiger partial charge in [-0.3, -0.25) is 4.79 Å². The van der Waals surface area contributed by atoms with Crippen molar-refractivity contribution in [3.63, 3.8) is 0 Å². The van der Waals surface area contributed by atoms with E-state index in [1.807, 2.05) is 42.6 Å². The summed E-state index contributed by atoms with van der Waals surface area (Å²) < 4.78 is 21.3. The molecule has 1 N–H and O–H groups in total. The molecule has 0 saturated heterocycles. The van der Waals surface area contributed by atoms with Gasteiger partial charge in [0.1, 0.15) is 6.61 Å². The summed E-state index contributed by atoms with van der Waals surface area (Å²) in [4.78, 5) is 27.6. The van der Waals surface area contributed by atoms with Crippen LogP contribution < -0.4 is 14.8 Å². The number of Topliss-reactive ketones (excluding diaryl/α,β-unsaturated/α-hetero) is 1. The van der Waals surface area contributed by atoms with Crippen molar-refractivity contribution in [1.82, 2.24) is 5.32 Å². The first-order chi connectivity index (χ1) is 16.5. The van der Waals surface area contributed by atoms with Crippen molar-refractivity contribution in [3.05, 3.63) is 68.7 Å². The average molecular weight is 484 g/mol. The number of dihydropyridines is 1. The van der Waals surface area contributed by atoms with Crippen LogP contribution >= 0.6 is 11.3 Å². The topological polar surface area (TPSA) is 83.1 Å². The first-order valence-corrected chi connectivity index (χ1v) is 12.0. The number of rotatable bonds is 8. The van der Waals surface area contributed by atoms with E-state index < -0.39 is 11.9 Å². The van der Waals surface area contributed by atoms with E-state index in [0.717, 1.165) is 16.1 Å². The van der Waals surface area contributed by atoms with Crippen molar-refractivity contribution in [3.8, 4) is 11.5 Å². The molecule has 1 aromatic carbocycles. The largest absolute Gasteiger partial charge is 0.493 e. The van der Waals surface area contributed by atoms with E-state index in [1.165, 1.54) is 11.3 Å². The molecule has 7 nitrogen and oxygen atoms in total. The Bertz CT molecular complexity index is 1130. The maximum Gasteiger partial charge on any atom is 0.336 e. The number of allylic oxidation sites excluding steroid dienone is 3. The van der Waals surface area contributed by atoms with Crippen LogP contribution in [0.25, 0.3) is 0 Å². The number of carbonyl (C=O) groups is 2. The molecular weight excluding hydrogens is 454 g/mol. The monoisotopic (exact) mass is 483 g/mol. The van der Waals surface area contributed by atoms with Crippen LogP contribution in [0.1, 0.15) is 42.0 Å². The second-order valence-electron chi connectivity index (χ2n) is 8.28. The minimum absolute atomic E-state index is 0.00875. The maximum atomic E-state index is 13.6. The fourth-order valence-electron chi connectivity index (χ4n) is 4.69. The van der Waals surface area contributed by atoms with Crippen LogP contribution in [-0.2, 0) is 19.1 Å². The van der Waals surface area contributed by atoms with E-state index >= 15 is 0 Å². The van der Waals surface area contributed by atoms with E-state index in [-0.39, 0.29) is 18.3 Å². The van der Waals surface area contributed by atoms with Crippen LogP contribution in [0.3, 0.4) is 0 Å². The lowest BCUT2D eigenvalue weighted by Gasteiger charge is -2.36. The Kier molecular flexibility index (Phi) is 7.38. The second kappa shape index (κ2) is 10.4. The maximum absolute atomic E-state index is 13.6. The van der Waals surface area contributed by atoms with E-state index in [0.29, 0.717) is 47.8 Å². The molecule has 4 rings (SSSR count). The highest BCUT2D eigenvalue weighted by Gasteiger charge is 2.42. The third kappa shape index (κ3) is 4.60. The molecule has 0 unspecified atom stereocenters. The highest BCUT2D eigenvalue weighted by atomic mass is 32.1. The zero-order chi connectivity index (χ0) is 24.2. The zero-order valence-corrected chi connectivity index (χ0v) is 20.6. The summed E-state index contributed by atoms with van der Waals surface area (Å²) >= 11 is 1.53. The molecule has 0 saturated carbocycles. The third-order valence-corrected chi connectivity index (χ3v) is 7.21. The number of nitrogens with one attached hydrogen (secondary N) is 1. The molecule has 34 heavy (non-hydrogen) atoms. The number of hydrogen-bond acceptors (Lipinski definition) is 8. The molecule has 2 atom stereocenters. The van der Waals surface area contributed by atoms with Crippen LogP contribution in [0.4, 0.5) is 0 Å². The van der Waals surface area contributed by atoms with Gasteiger partial charge >= 0.3 is 5.97 Å². The Morgan fingerprint density at radius 1 is 1.09 bits per heavy atom. The Morgan fingerprint density at radius 2 is 1.88 bits per heavy atom. The number of methoxy groups -OCH3 is 3. The molecule has 8 heteroatoms. The molecule has 1 aromatic heterocycles. The van der Waals surface area contributed by atoms with E-state index in [1.54, 1.807) is 21.3 Å². The van der Waals surface area contributed by atoms with Gasteiger partial charge in [-0.1, -0.05) is 12.1 Å². The summed E-state index contributed by atoms with van der Waals surface area (Å²) in [5.41, 5.74) is 3.72. The van der Waals surface area contributed by atoms with Crippen molar-refractivity contribution in [2.45, 2.75) is 31.6 Å². The van der Waals surface area contributed by atoms with Gasteiger partial charge in [-0.15, -0.1) is 11.3 Å². The summed E-state index contributed by atoms with van der Waals surface area (Å²) in [6, 6.07) is 9.68. The van der Waals surface area contributed by atoms with Crippen LogP contribution in [0.2, 0.25) is 0 Å². The van der Waals surface area contributed by atoms with Crippen LogP contribution in [0.5, 0.6) is 11.5 Å². The molecule has 0 spiro atoms. The Labute approximate surface area is 203 Å². The van der Waals surface area contributed by atoms with Gasteiger partial charge in [0.2, 0.25) is 0 Å². The molecule has 2 heterocycles. The molecule has 0 amide bonds. The molecular formula is C26H29NO6S. The van der Waals surface area contributed by atoms with Crippen LogP contribution in [0.15, 0.2) is 58.3 Å². The first kappa shape index (κ1) is 24.0. The predicted octanol–water partition coefficient (Wildman–Crippen LogP) is 4.32. The van der Waals surface area contributed by atoms with Gasteiger partial charge in [0.15, 0.2) is 17.3 Å². The molecule has 1 aliphatic carbocycles. The van der Waals surface area contributed by atoms with Crippen molar-refractivity contribution in [1.29, 1.82) is 0 Å². The second-order valence-corrected chi connectivity index (χ2v) is 9.26. The van der Waals surface area contributed by atoms with E-state index in [4.69, 9.17) is 18.9 Å². The van der Waals surface area contributed by atoms with E-state index in [9.17, 15) is 9.59 Å². The van der Waals surface area contributed by atoms with Gasteiger partial charge in [-0.05, 0) is 48.4 Å².